The predicted octanol–water partition coefficient (Wildman–Crippen LogP) is 3.97. The largest absolute Gasteiger partial charge is 0.368 e. The maximum atomic E-state index is 12.5. The van der Waals surface area contributed by atoms with Gasteiger partial charge in [-0.1, -0.05) is 26.0 Å². The lowest BCUT2D eigenvalue weighted by Gasteiger charge is -2.33. The molecule has 0 aliphatic heterocycles. The molecule has 0 heterocycles. The van der Waals surface area contributed by atoms with Gasteiger partial charge in [-0.3, -0.25) is 4.79 Å². The van der Waals surface area contributed by atoms with Crippen molar-refractivity contribution in [3.63, 3.8) is 0 Å². The molecule has 2 rings (SSSR count). The highest BCUT2D eigenvalue weighted by molar-refractivity contribution is 7.89. The van der Waals surface area contributed by atoms with E-state index in [0.717, 1.165) is 18.5 Å². The van der Waals surface area contributed by atoms with E-state index in [1.807, 2.05) is 0 Å². The minimum Gasteiger partial charge on any atom is -0.368 e. The molecule has 0 fully saturated rings. The van der Waals surface area contributed by atoms with E-state index in [-0.39, 0.29) is 10.8 Å². The Balaban J connectivity index is 2.12. The number of anilines is 2. The van der Waals surface area contributed by atoms with Crippen LogP contribution in [-0.2, 0) is 14.8 Å². The number of nitrogens with two attached hydrogens (primary N) is 1. The molecule has 0 aromatic heterocycles. The summed E-state index contributed by atoms with van der Waals surface area (Å²) in [6, 6.07) is 12.7. The summed E-state index contributed by atoms with van der Waals surface area (Å²) >= 11 is 0. The van der Waals surface area contributed by atoms with Gasteiger partial charge in [0.05, 0.1) is 4.90 Å². The molecule has 7 heteroatoms. The van der Waals surface area contributed by atoms with Crippen molar-refractivity contribution in [2.75, 3.05) is 16.8 Å². The lowest BCUT2D eigenvalue weighted by molar-refractivity contribution is -0.116. The van der Waals surface area contributed by atoms with E-state index in [1.54, 1.807) is 12.1 Å². The summed E-state index contributed by atoms with van der Waals surface area (Å²) in [6.45, 7) is 9.07. The van der Waals surface area contributed by atoms with Crippen LogP contribution in [0.1, 0.15) is 44.2 Å². The zero-order valence-corrected chi connectivity index (χ0v) is 18.4. The van der Waals surface area contributed by atoms with Gasteiger partial charge in [-0.05, 0) is 68.1 Å². The Morgan fingerprint density at radius 1 is 1.07 bits per heavy atom. The lowest BCUT2D eigenvalue weighted by atomic mass is 10.1. The topological polar surface area (TPSA) is 92.5 Å². The number of carbonyl (C=O) groups is 1. The van der Waals surface area contributed by atoms with Crippen molar-refractivity contribution >= 4 is 27.3 Å². The second kappa shape index (κ2) is 9.89. The Morgan fingerprint density at radius 3 is 2.34 bits per heavy atom. The maximum absolute atomic E-state index is 12.5. The Kier molecular flexibility index (Phi) is 7.81. The lowest BCUT2D eigenvalue weighted by Crippen LogP contribution is -2.37. The molecule has 1 amide bonds. The first-order valence-corrected chi connectivity index (χ1v) is 11.5. The van der Waals surface area contributed by atoms with E-state index < -0.39 is 10.0 Å². The summed E-state index contributed by atoms with van der Waals surface area (Å²) < 4.78 is 23.0. The third kappa shape index (κ3) is 6.30. The summed E-state index contributed by atoms with van der Waals surface area (Å²) in [6.07, 6.45) is 2.27. The summed E-state index contributed by atoms with van der Waals surface area (Å²) in [4.78, 5) is 14.8. The maximum Gasteiger partial charge on any atom is 0.238 e. The van der Waals surface area contributed by atoms with Crippen molar-refractivity contribution in [1.82, 2.24) is 0 Å². The van der Waals surface area contributed by atoms with Gasteiger partial charge < -0.3 is 10.2 Å². The summed E-state index contributed by atoms with van der Waals surface area (Å²) in [5.74, 6) is -0.170. The number of hydrogen-bond donors (Lipinski definition) is 2. The van der Waals surface area contributed by atoms with E-state index in [9.17, 15) is 13.2 Å². The fraction of sp³-hybridized carbons (Fsp3) is 0.409. The number of sulfonamides is 1. The fourth-order valence-electron chi connectivity index (χ4n) is 3.35. The fourth-order valence-corrected chi connectivity index (χ4v) is 3.91. The van der Waals surface area contributed by atoms with Crippen LogP contribution in [0.4, 0.5) is 11.4 Å². The molecule has 0 saturated heterocycles. The number of nitrogens with one attached hydrogen (secondary N) is 1. The molecule has 29 heavy (non-hydrogen) atoms. The van der Waals surface area contributed by atoms with Crippen LogP contribution in [-0.4, -0.2) is 26.9 Å². The minimum absolute atomic E-state index is 0.0240. The summed E-state index contributed by atoms with van der Waals surface area (Å²) in [5.41, 5.74) is 4.00. The molecule has 6 nitrogen and oxygen atoms in total. The first-order valence-electron chi connectivity index (χ1n) is 9.92. The van der Waals surface area contributed by atoms with Crippen molar-refractivity contribution in [3.8, 4) is 0 Å². The Hall–Kier alpha value is -2.38. The Bertz CT molecular complexity index is 954. The Morgan fingerprint density at radius 2 is 1.76 bits per heavy atom. The quantitative estimate of drug-likeness (QED) is 0.645. The minimum atomic E-state index is -3.81. The zero-order valence-electron chi connectivity index (χ0n) is 17.6. The van der Waals surface area contributed by atoms with Crippen LogP contribution in [0, 0.1) is 13.8 Å². The third-order valence-corrected chi connectivity index (χ3v) is 6.14. The van der Waals surface area contributed by atoms with E-state index in [1.165, 1.54) is 23.3 Å². The highest BCUT2D eigenvalue weighted by atomic mass is 32.2. The number of carbonyl (C=O) groups excluding carboxylic acids is 1. The number of aryl methyl sites for hydroxylation is 2. The molecular weight excluding hydrogens is 386 g/mol. The van der Waals surface area contributed by atoms with Crippen LogP contribution in [0.15, 0.2) is 47.4 Å². The number of hydrogen-bond acceptors (Lipinski definition) is 4. The SMILES string of the molecule is CCC(CC)N(CCC(=O)Nc1cccc(S(N)(=O)=O)c1)c1ccc(C)c(C)c1. The van der Waals surface area contributed by atoms with E-state index in [4.69, 9.17) is 5.14 Å². The van der Waals surface area contributed by atoms with Crippen LogP contribution in [0.3, 0.4) is 0 Å². The highest BCUT2D eigenvalue weighted by Crippen LogP contribution is 2.24. The molecule has 158 valence electrons. The molecule has 0 atom stereocenters. The highest BCUT2D eigenvalue weighted by Gasteiger charge is 2.18. The molecule has 2 aromatic rings. The van der Waals surface area contributed by atoms with Gasteiger partial charge in [0.15, 0.2) is 0 Å². The van der Waals surface area contributed by atoms with Crippen LogP contribution in [0.25, 0.3) is 0 Å². The first kappa shape index (κ1) is 22.9. The number of nitrogens with zero attached hydrogens (tertiary/aromatic N) is 1. The van der Waals surface area contributed by atoms with Gasteiger partial charge >= 0.3 is 0 Å². The van der Waals surface area contributed by atoms with Crippen molar-refractivity contribution < 1.29 is 13.2 Å². The summed E-state index contributed by atoms with van der Waals surface area (Å²) in [5, 5.41) is 7.93. The number of primary sulfonamides is 1. The molecular formula is C22H31N3O3S. The molecule has 3 N–H and O–H groups in total. The van der Waals surface area contributed by atoms with Crippen LogP contribution < -0.4 is 15.4 Å². The zero-order chi connectivity index (χ0) is 21.6. The molecule has 0 spiro atoms. The Labute approximate surface area is 174 Å². The molecule has 2 aromatic carbocycles. The van der Waals surface area contributed by atoms with Gasteiger partial charge in [0, 0.05) is 30.4 Å². The molecule has 0 radical (unpaired) electrons. The second-order valence-electron chi connectivity index (χ2n) is 7.30. The third-order valence-electron chi connectivity index (χ3n) is 5.23. The van der Waals surface area contributed by atoms with E-state index in [2.05, 4.69) is 56.1 Å². The van der Waals surface area contributed by atoms with Crippen molar-refractivity contribution in [2.45, 2.75) is 57.9 Å². The smallest absolute Gasteiger partial charge is 0.238 e. The molecule has 0 saturated carbocycles. The molecule has 0 bridgehead atoms. The van der Waals surface area contributed by atoms with Crippen LogP contribution >= 0.6 is 0 Å². The van der Waals surface area contributed by atoms with Gasteiger partial charge in [0.2, 0.25) is 15.9 Å². The van der Waals surface area contributed by atoms with Gasteiger partial charge in [-0.2, -0.15) is 0 Å². The van der Waals surface area contributed by atoms with Crippen LogP contribution in [0.5, 0.6) is 0 Å². The van der Waals surface area contributed by atoms with Crippen LogP contribution in [0.2, 0.25) is 0 Å². The predicted molar refractivity (Wildman–Crippen MR) is 119 cm³/mol. The van der Waals surface area contributed by atoms with Gasteiger partial charge in [-0.15, -0.1) is 0 Å². The van der Waals surface area contributed by atoms with Crippen molar-refractivity contribution in [2.24, 2.45) is 5.14 Å². The number of rotatable bonds is 9. The second-order valence-corrected chi connectivity index (χ2v) is 8.86. The first-order chi connectivity index (χ1) is 13.7. The average molecular weight is 418 g/mol. The molecule has 0 aliphatic rings. The monoisotopic (exact) mass is 417 g/mol. The van der Waals surface area contributed by atoms with Gasteiger partial charge in [0.1, 0.15) is 0 Å². The summed E-state index contributed by atoms with van der Waals surface area (Å²) in [7, 11) is -3.81. The van der Waals surface area contributed by atoms with Gasteiger partial charge in [0.25, 0.3) is 0 Å². The van der Waals surface area contributed by atoms with Crippen molar-refractivity contribution in [3.05, 3.63) is 53.6 Å². The number of benzene rings is 2. The standard InChI is InChI=1S/C22H31N3O3S/c1-5-19(6-2)25(20-11-10-16(3)17(4)14-20)13-12-22(26)24-18-8-7-9-21(15-18)29(23,27)28/h7-11,14-15,19H,5-6,12-13H2,1-4H3,(H,24,26)(H2,23,27,28). The molecule has 0 unspecified atom stereocenters. The average Bonchev–Trinajstić information content (AvgIpc) is 2.67. The normalized spacial score (nSPS) is 11.5. The number of amides is 1. The van der Waals surface area contributed by atoms with E-state index in [0.29, 0.717) is 24.7 Å². The van der Waals surface area contributed by atoms with Gasteiger partial charge in [-0.25, -0.2) is 13.6 Å². The van der Waals surface area contributed by atoms with E-state index >= 15 is 0 Å². The van der Waals surface area contributed by atoms with Crippen molar-refractivity contribution in [1.29, 1.82) is 0 Å². The molecule has 0 aliphatic carbocycles.